The molecule has 2 fully saturated rings. The summed E-state index contributed by atoms with van der Waals surface area (Å²) >= 11 is 5.06. The van der Waals surface area contributed by atoms with Crippen LogP contribution in [0, 0.1) is 6.92 Å². The number of anilines is 1. The third-order valence-electron chi connectivity index (χ3n) is 7.08. The van der Waals surface area contributed by atoms with Gasteiger partial charge in [0.1, 0.15) is 6.61 Å². The molecule has 2 aliphatic rings. The number of amides is 1. The van der Waals surface area contributed by atoms with Gasteiger partial charge in [-0.15, -0.1) is 0 Å². The van der Waals surface area contributed by atoms with E-state index < -0.39 is 0 Å². The van der Waals surface area contributed by atoms with Crippen LogP contribution in [-0.4, -0.2) is 42.7 Å². The average molecular weight is 621 g/mol. The number of hydrogen-bond donors (Lipinski definition) is 0. The van der Waals surface area contributed by atoms with Gasteiger partial charge in [-0.2, -0.15) is 0 Å². The SMILES string of the molecule is CCN1C(=O)/C(=C/c2cc(OC)c(OCc3ccc(C)cc3)cc2Br)SC1=Nc1ccc(N2CCCCC2)cc1. The van der Waals surface area contributed by atoms with Crippen LogP contribution in [0.4, 0.5) is 11.4 Å². The molecular weight excluding hydrogens is 586 g/mol. The van der Waals surface area contributed by atoms with Crippen molar-refractivity contribution in [3.63, 3.8) is 0 Å². The molecule has 208 valence electrons. The molecule has 0 aromatic heterocycles. The molecule has 0 radical (unpaired) electrons. The van der Waals surface area contributed by atoms with Crippen molar-refractivity contribution >= 4 is 56.2 Å². The molecule has 2 saturated heterocycles. The maximum atomic E-state index is 13.3. The Morgan fingerprint density at radius 1 is 1.00 bits per heavy atom. The van der Waals surface area contributed by atoms with Gasteiger partial charge in [0.25, 0.3) is 5.91 Å². The lowest BCUT2D eigenvalue weighted by atomic mass is 10.1. The van der Waals surface area contributed by atoms with Crippen LogP contribution in [0.2, 0.25) is 0 Å². The molecule has 3 aromatic rings. The van der Waals surface area contributed by atoms with Crippen molar-refractivity contribution in [2.75, 3.05) is 31.6 Å². The molecule has 0 N–H and O–H groups in total. The molecule has 0 saturated carbocycles. The maximum absolute atomic E-state index is 13.3. The van der Waals surface area contributed by atoms with Crippen LogP contribution in [0.5, 0.6) is 11.5 Å². The summed E-state index contributed by atoms with van der Waals surface area (Å²) in [6.07, 6.45) is 5.68. The van der Waals surface area contributed by atoms with Gasteiger partial charge in [0, 0.05) is 29.8 Å². The Morgan fingerprint density at radius 3 is 2.40 bits per heavy atom. The molecule has 8 heteroatoms. The molecule has 2 heterocycles. The highest BCUT2D eigenvalue weighted by atomic mass is 79.9. The number of piperidine rings is 1. The van der Waals surface area contributed by atoms with E-state index in [1.165, 1.54) is 42.3 Å². The Hall–Kier alpha value is -3.23. The summed E-state index contributed by atoms with van der Waals surface area (Å²) in [6, 6.07) is 20.4. The third-order valence-corrected chi connectivity index (χ3v) is 8.78. The standard InChI is InChI=1S/C32H34BrN3O3S/c1-4-36-31(37)30(40-32(36)34-25-12-14-26(15-13-25)35-16-6-5-7-17-35)19-24-18-28(38-3)29(20-27(24)33)39-21-23-10-8-22(2)9-11-23/h8-15,18-20H,4-7,16-17,21H2,1-3H3/b30-19-,34-32?. The molecule has 0 spiro atoms. The maximum Gasteiger partial charge on any atom is 0.266 e. The number of nitrogens with zero attached hydrogens (tertiary/aromatic N) is 3. The average Bonchev–Trinajstić information content (AvgIpc) is 3.27. The van der Waals surface area contributed by atoms with E-state index in [4.69, 9.17) is 14.5 Å². The van der Waals surface area contributed by atoms with Crippen molar-refractivity contribution in [2.45, 2.75) is 39.7 Å². The number of amidine groups is 1. The van der Waals surface area contributed by atoms with E-state index in [9.17, 15) is 4.79 Å². The highest BCUT2D eigenvalue weighted by molar-refractivity contribution is 9.10. The van der Waals surface area contributed by atoms with Gasteiger partial charge in [-0.05, 0) is 98.5 Å². The molecule has 3 aromatic carbocycles. The van der Waals surface area contributed by atoms with Gasteiger partial charge in [-0.3, -0.25) is 9.69 Å². The number of rotatable bonds is 8. The molecule has 2 aliphatic heterocycles. The third kappa shape index (κ3) is 6.56. The summed E-state index contributed by atoms with van der Waals surface area (Å²) in [5.41, 5.74) is 5.20. The van der Waals surface area contributed by atoms with Gasteiger partial charge in [-0.25, -0.2) is 4.99 Å². The Bertz CT molecular complexity index is 1410. The number of carbonyl (C=O) groups excluding carboxylic acids is 1. The molecular formula is C32H34BrN3O3S. The fraction of sp³-hybridized carbons (Fsp3) is 0.312. The fourth-order valence-corrected chi connectivity index (χ4v) is 6.28. The minimum Gasteiger partial charge on any atom is -0.493 e. The fourth-order valence-electron chi connectivity index (χ4n) is 4.79. The largest absolute Gasteiger partial charge is 0.493 e. The van der Waals surface area contributed by atoms with Crippen LogP contribution < -0.4 is 14.4 Å². The summed E-state index contributed by atoms with van der Waals surface area (Å²) in [6.45, 7) is 7.22. The van der Waals surface area contributed by atoms with E-state index in [-0.39, 0.29) is 5.91 Å². The number of benzene rings is 3. The predicted molar refractivity (Wildman–Crippen MR) is 169 cm³/mol. The topological polar surface area (TPSA) is 54.4 Å². The summed E-state index contributed by atoms with van der Waals surface area (Å²) in [4.78, 5) is 22.9. The monoisotopic (exact) mass is 619 g/mol. The van der Waals surface area contributed by atoms with E-state index >= 15 is 0 Å². The van der Waals surface area contributed by atoms with Crippen molar-refractivity contribution in [1.29, 1.82) is 0 Å². The van der Waals surface area contributed by atoms with E-state index in [1.807, 2.05) is 37.3 Å². The van der Waals surface area contributed by atoms with Crippen molar-refractivity contribution < 1.29 is 14.3 Å². The molecule has 0 unspecified atom stereocenters. The number of aliphatic imine (C=N–C) groups is 1. The summed E-state index contributed by atoms with van der Waals surface area (Å²) < 4.78 is 12.5. The van der Waals surface area contributed by atoms with Crippen molar-refractivity contribution in [1.82, 2.24) is 4.90 Å². The Morgan fingerprint density at radius 2 is 1.73 bits per heavy atom. The second kappa shape index (κ2) is 13.0. The van der Waals surface area contributed by atoms with Gasteiger partial charge in [-0.1, -0.05) is 45.8 Å². The molecule has 6 nitrogen and oxygen atoms in total. The first kappa shape index (κ1) is 28.3. The predicted octanol–water partition coefficient (Wildman–Crippen LogP) is 7.96. The van der Waals surface area contributed by atoms with Crippen molar-refractivity contribution in [3.8, 4) is 11.5 Å². The number of thioether (sulfide) groups is 1. The van der Waals surface area contributed by atoms with Crippen LogP contribution in [0.1, 0.15) is 42.9 Å². The number of ether oxygens (including phenoxy) is 2. The number of halogens is 1. The second-order valence-electron chi connectivity index (χ2n) is 9.92. The lowest BCUT2D eigenvalue weighted by molar-refractivity contribution is -0.122. The van der Waals surface area contributed by atoms with Gasteiger partial charge in [0.15, 0.2) is 16.7 Å². The summed E-state index contributed by atoms with van der Waals surface area (Å²) in [5.74, 6) is 1.18. The smallest absolute Gasteiger partial charge is 0.266 e. The highest BCUT2D eigenvalue weighted by Gasteiger charge is 2.32. The minimum atomic E-state index is -0.0539. The normalized spacial score (nSPS) is 17.6. The zero-order valence-electron chi connectivity index (χ0n) is 23.2. The van der Waals surface area contributed by atoms with Gasteiger partial charge in [0.2, 0.25) is 0 Å². The lowest BCUT2D eigenvalue weighted by Crippen LogP contribution is -2.29. The van der Waals surface area contributed by atoms with Crippen LogP contribution in [0.25, 0.3) is 6.08 Å². The number of hydrogen-bond acceptors (Lipinski definition) is 6. The van der Waals surface area contributed by atoms with E-state index in [0.29, 0.717) is 34.7 Å². The number of aryl methyl sites for hydroxylation is 1. The first-order chi connectivity index (χ1) is 19.4. The summed E-state index contributed by atoms with van der Waals surface area (Å²) in [5, 5.41) is 0.686. The zero-order chi connectivity index (χ0) is 28.1. The first-order valence-corrected chi connectivity index (χ1v) is 15.3. The zero-order valence-corrected chi connectivity index (χ0v) is 25.6. The van der Waals surface area contributed by atoms with Gasteiger partial charge >= 0.3 is 0 Å². The minimum absolute atomic E-state index is 0.0539. The quantitative estimate of drug-likeness (QED) is 0.239. The lowest BCUT2D eigenvalue weighted by Gasteiger charge is -2.28. The molecule has 0 aliphatic carbocycles. The van der Waals surface area contributed by atoms with E-state index in [0.717, 1.165) is 34.4 Å². The Balaban J connectivity index is 1.34. The molecule has 40 heavy (non-hydrogen) atoms. The van der Waals surface area contributed by atoms with Crippen molar-refractivity contribution in [2.24, 2.45) is 4.99 Å². The molecule has 5 rings (SSSR count). The van der Waals surface area contributed by atoms with Crippen LogP contribution in [0.3, 0.4) is 0 Å². The number of carbonyl (C=O) groups is 1. The van der Waals surface area contributed by atoms with Crippen molar-refractivity contribution in [3.05, 3.63) is 86.7 Å². The number of likely N-dealkylation sites (N-methyl/N-ethyl adjacent to an activating group) is 1. The van der Waals surface area contributed by atoms with E-state index in [2.05, 4.69) is 64.2 Å². The van der Waals surface area contributed by atoms with Crippen LogP contribution in [0.15, 0.2) is 75.0 Å². The Labute approximate surface area is 249 Å². The molecule has 1 amide bonds. The summed E-state index contributed by atoms with van der Waals surface area (Å²) in [7, 11) is 1.62. The molecule has 0 bridgehead atoms. The highest BCUT2D eigenvalue weighted by Crippen LogP contribution is 2.39. The number of methoxy groups -OCH3 is 1. The first-order valence-electron chi connectivity index (χ1n) is 13.7. The molecule has 0 atom stereocenters. The second-order valence-corrected chi connectivity index (χ2v) is 11.8. The van der Waals surface area contributed by atoms with Crippen LogP contribution in [-0.2, 0) is 11.4 Å². The van der Waals surface area contributed by atoms with Gasteiger partial charge < -0.3 is 14.4 Å². The van der Waals surface area contributed by atoms with Gasteiger partial charge in [0.05, 0.1) is 17.7 Å². The Kier molecular flexibility index (Phi) is 9.17. The van der Waals surface area contributed by atoms with Crippen LogP contribution >= 0.6 is 27.7 Å². The van der Waals surface area contributed by atoms with E-state index in [1.54, 1.807) is 12.0 Å².